The molecular weight excluding hydrogens is 697 g/mol. The van der Waals surface area contributed by atoms with Gasteiger partial charge >= 0.3 is 6.09 Å². The number of hydrogen-bond acceptors (Lipinski definition) is 8. The first-order chi connectivity index (χ1) is 21.9. The van der Waals surface area contributed by atoms with Crippen LogP contribution in [0, 0.1) is 25.7 Å². The fourth-order valence-electron chi connectivity index (χ4n) is 6.57. The number of carbonyl (C=O) groups is 1. The summed E-state index contributed by atoms with van der Waals surface area (Å²) < 4.78 is 59.2. The third kappa shape index (κ3) is 9.90. The van der Waals surface area contributed by atoms with Crippen LogP contribution in [0.5, 0.6) is 0 Å². The average Bonchev–Trinajstić information content (AvgIpc) is 3.52. The summed E-state index contributed by atoms with van der Waals surface area (Å²) in [5.74, 6) is 0.219. The van der Waals surface area contributed by atoms with Gasteiger partial charge in [-0.25, -0.2) is 21.6 Å². The molecule has 15 heteroatoms. The summed E-state index contributed by atoms with van der Waals surface area (Å²) in [7, 11) is -3.38. The number of nitrogens with zero attached hydrogens (tertiary/aromatic N) is 5. The monoisotopic (exact) mass is 753 g/mol. The smallest absolute Gasteiger partial charge is 0.410 e. The Morgan fingerprint density at radius 3 is 1.42 bits per heavy atom. The summed E-state index contributed by atoms with van der Waals surface area (Å²) in [6, 6.07) is 0. The highest BCUT2D eigenvalue weighted by molar-refractivity contribution is 7.93. The molecule has 1 amide bonds. The maximum absolute atomic E-state index is 13.2. The standard InChI is InChI=1S/C18H31N3O4S.C14H24N2O2S.CH2Cl2/c1-13-15(12-20(7)19-13)26(23,24)18(5,6)14-8-10-21(11-9-14)16(22)25-17(2,3)4;1-11-13(10-16(4)15-11)19(17,18)14(2,3)12-8-6-5-7-9-12;2-1-3/h12,14H,8-11H2,1-7H3;10,12H,5-9H2,1-4H3;1H2. The number of rotatable bonds is 6. The minimum Gasteiger partial charge on any atom is -0.444 e. The van der Waals surface area contributed by atoms with Crippen LogP contribution in [0.15, 0.2) is 22.2 Å². The fourth-order valence-corrected chi connectivity index (χ4v) is 10.5. The van der Waals surface area contributed by atoms with Crippen LogP contribution in [0.2, 0.25) is 0 Å². The number of aromatic nitrogens is 4. The lowest BCUT2D eigenvalue weighted by Crippen LogP contribution is -2.48. The van der Waals surface area contributed by atoms with Gasteiger partial charge in [0.25, 0.3) is 0 Å². The van der Waals surface area contributed by atoms with Gasteiger partial charge in [0.15, 0.2) is 19.7 Å². The third-order valence-corrected chi connectivity index (χ3v) is 15.0. The van der Waals surface area contributed by atoms with Crippen molar-refractivity contribution in [1.29, 1.82) is 0 Å². The van der Waals surface area contributed by atoms with Crippen molar-refractivity contribution in [2.75, 3.05) is 18.4 Å². The lowest BCUT2D eigenvalue weighted by atomic mass is 9.81. The molecule has 3 heterocycles. The summed E-state index contributed by atoms with van der Waals surface area (Å²) in [6.45, 7) is 17.3. The zero-order valence-corrected chi connectivity index (χ0v) is 33.8. The van der Waals surface area contributed by atoms with E-state index >= 15 is 0 Å². The summed E-state index contributed by atoms with van der Waals surface area (Å²) in [5, 5.41) is 8.54. The van der Waals surface area contributed by atoms with E-state index in [2.05, 4.69) is 10.2 Å². The Morgan fingerprint density at radius 1 is 0.750 bits per heavy atom. The molecule has 1 aliphatic heterocycles. The molecule has 2 aromatic rings. The van der Waals surface area contributed by atoms with Crippen LogP contribution in [0.1, 0.15) is 105 Å². The zero-order chi connectivity index (χ0) is 36.9. The van der Waals surface area contributed by atoms with E-state index in [1.54, 1.807) is 63.8 Å². The van der Waals surface area contributed by atoms with Gasteiger partial charge in [-0.1, -0.05) is 19.3 Å². The van der Waals surface area contributed by atoms with Crippen molar-refractivity contribution in [3.05, 3.63) is 23.8 Å². The SMILES string of the molecule is Cc1nn(C)cc1S(=O)(=O)C(C)(C)C1CCCCC1.Cc1nn(C)cc1S(=O)(=O)C(C)(C)C1CCN(C(=O)OC(C)(C)C)CC1.ClCCl. The number of hydrogen-bond donors (Lipinski definition) is 0. The Kier molecular flexibility index (Phi) is 14.5. The number of alkyl halides is 2. The van der Waals surface area contributed by atoms with E-state index < -0.39 is 34.8 Å². The predicted molar refractivity (Wildman–Crippen MR) is 192 cm³/mol. The van der Waals surface area contributed by atoms with Gasteiger partial charge in [-0.2, -0.15) is 10.2 Å². The zero-order valence-electron chi connectivity index (χ0n) is 30.6. The largest absolute Gasteiger partial charge is 0.444 e. The van der Waals surface area contributed by atoms with Crippen LogP contribution in [0.4, 0.5) is 4.79 Å². The Bertz CT molecular complexity index is 1580. The quantitative estimate of drug-likeness (QED) is 0.283. The molecule has 1 aliphatic carbocycles. The van der Waals surface area contributed by atoms with Crippen molar-refractivity contribution in [2.45, 2.75) is 132 Å². The molecule has 2 aromatic heterocycles. The first-order valence-electron chi connectivity index (χ1n) is 16.5. The lowest BCUT2D eigenvalue weighted by Gasteiger charge is -2.40. The van der Waals surface area contributed by atoms with Gasteiger partial charge in [-0.3, -0.25) is 9.36 Å². The normalized spacial score (nSPS) is 17.2. The van der Waals surface area contributed by atoms with E-state index in [0.29, 0.717) is 47.1 Å². The van der Waals surface area contributed by atoms with E-state index in [9.17, 15) is 21.6 Å². The molecule has 276 valence electrons. The topological polar surface area (TPSA) is 133 Å². The van der Waals surface area contributed by atoms with E-state index in [1.165, 1.54) is 11.1 Å². The summed E-state index contributed by atoms with van der Waals surface area (Å²) in [6.07, 6.45) is 9.70. The highest BCUT2D eigenvalue weighted by Gasteiger charge is 2.46. The van der Waals surface area contributed by atoms with Crippen LogP contribution in [0.3, 0.4) is 0 Å². The first kappa shape index (κ1) is 42.3. The maximum Gasteiger partial charge on any atom is 0.410 e. The molecule has 0 spiro atoms. The molecule has 1 saturated carbocycles. The van der Waals surface area contributed by atoms with E-state index in [0.717, 1.165) is 25.7 Å². The predicted octanol–water partition coefficient (Wildman–Crippen LogP) is 7.21. The fraction of sp³-hybridized carbons (Fsp3) is 0.788. The van der Waals surface area contributed by atoms with Crippen LogP contribution in [-0.2, 0) is 38.5 Å². The second-order valence-electron chi connectivity index (χ2n) is 14.9. The number of ether oxygens (including phenoxy) is 1. The summed E-state index contributed by atoms with van der Waals surface area (Å²) >= 11 is 9.53. The average molecular weight is 755 g/mol. The van der Waals surface area contributed by atoms with Crippen molar-refractivity contribution < 1.29 is 26.4 Å². The van der Waals surface area contributed by atoms with Crippen molar-refractivity contribution in [3.8, 4) is 0 Å². The van der Waals surface area contributed by atoms with E-state index in [4.69, 9.17) is 27.9 Å². The summed E-state index contributed by atoms with van der Waals surface area (Å²) in [5.41, 5.74) is 0.590. The molecule has 1 saturated heterocycles. The Labute approximate surface area is 298 Å². The summed E-state index contributed by atoms with van der Waals surface area (Å²) in [4.78, 5) is 14.6. The Hall–Kier alpha value is -1.83. The highest BCUT2D eigenvalue weighted by Crippen LogP contribution is 2.41. The minimum absolute atomic E-state index is 0.0363. The number of carbonyl (C=O) groups excluding carboxylic acids is 1. The number of halogens is 2. The number of amides is 1. The van der Waals surface area contributed by atoms with Gasteiger partial charge in [0, 0.05) is 39.6 Å². The van der Waals surface area contributed by atoms with Gasteiger partial charge in [-0.15, -0.1) is 23.2 Å². The van der Waals surface area contributed by atoms with Gasteiger partial charge in [0.2, 0.25) is 0 Å². The minimum atomic E-state index is -3.53. The molecular formula is C33H57Cl2N5O6S2. The van der Waals surface area contributed by atoms with Crippen LogP contribution in [0.25, 0.3) is 0 Å². The second-order valence-corrected chi connectivity index (χ2v) is 20.7. The molecule has 4 rings (SSSR count). The van der Waals surface area contributed by atoms with Crippen LogP contribution < -0.4 is 0 Å². The van der Waals surface area contributed by atoms with Gasteiger partial charge < -0.3 is 9.64 Å². The first-order valence-corrected chi connectivity index (χ1v) is 20.6. The molecule has 0 atom stereocenters. The Morgan fingerprint density at radius 2 is 1.10 bits per heavy atom. The molecule has 0 bridgehead atoms. The number of aryl methyl sites for hydroxylation is 4. The number of likely N-dealkylation sites (tertiary alicyclic amines) is 1. The van der Waals surface area contributed by atoms with Gasteiger partial charge in [0.05, 0.1) is 26.2 Å². The van der Waals surface area contributed by atoms with Crippen molar-refractivity contribution in [3.63, 3.8) is 0 Å². The third-order valence-electron chi connectivity index (χ3n) is 9.62. The van der Waals surface area contributed by atoms with Crippen molar-refractivity contribution >= 4 is 49.0 Å². The molecule has 48 heavy (non-hydrogen) atoms. The Balaban J connectivity index is 0.000000320. The maximum atomic E-state index is 13.2. The molecule has 0 unspecified atom stereocenters. The molecule has 11 nitrogen and oxygen atoms in total. The van der Waals surface area contributed by atoms with Crippen LogP contribution >= 0.6 is 23.2 Å². The molecule has 2 aliphatic rings. The van der Waals surface area contributed by atoms with Gasteiger partial charge in [0.1, 0.15) is 15.4 Å². The van der Waals surface area contributed by atoms with E-state index in [1.807, 2.05) is 34.6 Å². The van der Waals surface area contributed by atoms with Crippen molar-refractivity contribution in [2.24, 2.45) is 25.9 Å². The lowest BCUT2D eigenvalue weighted by molar-refractivity contribution is 0.0172. The second kappa shape index (κ2) is 16.5. The molecule has 2 fully saturated rings. The van der Waals surface area contributed by atoms with E-state index in [-0.39, 0.29) is 23.3 Å². The molecule has 0 N–H and O–H groups in total. The van der Waals surface area contributed by atoms with Crippen molar-refractivity contribution in [1.82, 2.24) is 24.5 Å². The molecule has 0 radical (unpaired) electrons. The van der Waals surface area contributed by atoms with Gasteiger partial charge in [-0.05, 0) is 99.8 Å². The highest BCUT2D eigenvalue weighted by atomic mass is 35.5. The van der Waals surface area contributed by atoms with Crippen LogP contribution in [-0.4, -0.2) is 80.9 Å². The molecule has 0 aromatic carbocycles. The number of sulfone groups is 2. The number of piperidine rings is 1.